The van der Waals surface area contributed by atoms with E-state index in [1.54, 1.807) is 11.8 Å². The van der Waals surface area contributed by atoms with E-state index >= 15 is 0 Å². The van der Waals surface area contributed by atoms with Gasteiger partial charge < -0.3 is 4.90 Å². The number of halogens is 1. The van der Waals surface area contributed by atoms with Crippen molar-refractivity contribution in [2.45, 2.75) is 24.8 Å². The molecule has 0 radical (unpaired) electrons. The molecule has 2 N–H and O–H groups in total. The number of hydrazine groups is 1. The van der Waals surface area contributed by atoms with Gasteiger partial charge in [-0.25, -0.2) is 4.39 Å². The lowest BCUT2D eigenvalue weighted by atomic mass is 9.81. The second kappa shape index (κ2) is 7.64. The molecule has 1 amide bonds. The number of carbonyl (C=O) groups is 1. The number of thioether (sulfide) groups is 1. The van der Waals surface area contributed by atoms with Gasteiger partial charge in [-0.05, 0) is 42.7 Å². The Morgan fingerprint density at radius 3 is 2.91 bits per heavy atom. The van der Waals surface area contributed by atoms with Crippen molar-refractivity contribution < 1.29 is 9.18 Å². The fraction of sp³-hybridized carbons (Fsp3) is 0.588. The van der Waals surface area contributed by atoms with Gasteiger partial charge in [0.25, 0.3) is 0 Å². The SMILES string of the molecule is CSCC(=O)N1CCCC(C2NNCC2c2ccc(F)cc2)C1. The molecule has 2 fully saturated rings. The van der Waals surface area contributed by atoms with E-state index in [1.807, 2.05) is 23.3 Å². The molecule has 3 rings (SSSR count). The largest absolute Gasteiger partial charge is 0.342 e. The van der Waals surface area contributed by atoms with Gasteiger partial charge >= 0.3 is 0 Å². The van der Waals surface area contributed by atoms with E-state index in [0.717, 1.165) is 38.0 Å². The predicted octanol–water partition coefficient (Wildman–Crippen LogP) is 1.99. The number of nitrogens with zero attached hydrogens (tertiary/aromatic N) is 1. The van der Waals surface area contributed by atoms with Crippen LogP contribution in [0.15, 0.2) is 24.3 Å². The van der Waals surface area contributed by atoms with E-state index in [1.165, 1.54) is 12.1 Å². The summed E-state index contributed by atoms with van der Waals surface area (Å²) in [6, 6.07) is 7.09. The number of likely N-dealkylation sites (tertiary alicyclic amines) is 1. The second-order valence-electron chi connectivity index (χ2n) is 6.38. The van der Waals surface area contributed by atoms with Crippen molar-refractivity contribution in [3.8, 4) is 0 Å². The Balaban J connectivity index is 1.69. The maximum absolute atomic E-state index is 13.2. The molecule has 23 heavy (non-hydrogen) atoms. The normalized spacial score (nSPS) is 28.1. The van der Waals surface area contributed by atoms with Crippen molar-refractivity contribution in [2.75, 3.05) is 31.6 Å². The van der Waals surface area contributed by atoms with Crippen molar-refractivity contribution in [1.82, 2.24) is 15.8 Å². The molecule has 0 bridgehead atoms. The lowest BCUT2D eigenvalue weighted by Gasteiger charge is -2.37. The molecule has 0 aliphatic carbocycles. The predicted molar refractivity (Wildman–Crippen MR) is 91.8 cm³/mol. The van der Waals surface area contributed by atoms with Crippen LogP contribution in [0, 0.1) is 11.7 Å². The van der Waals surface area contributed by atoms with Gasteiger partial charge in [-0.1, -0.05) is 12.1 Å². The molecule has 3 atom stereocenters. The first-order valence-corrected chi connectivity index (χ1v) is 9.59. The van der Waals surface area contributed by atoms with Gasteiger partial charge in [-0.15, -0.1) is 0 Å². The highest BCUT2D eigenvalue weighted by molar-refractivity contribution is 7.99. The third-order valence-corrected chi connectivity index (χ3v) is 5.44. The van der Waals surface area contributed by atoms with Gasteiger partial charge in [0.05, 0.1) is 5.75 Å². The maximum Gasteiger partial charge on any atom is 0.232 e. The summed E-state index contributed by atoms with van der Waals surface area (Å²) in [5.41, 5.74) is 7.80. The third-order valence-electron chi connectivity index (χ3n) is 4.91. The molecule has 2 aliphatic rings. The average Bonchev–Trinajstić information content (AvgIpc) is 3.05. The zero-order valence-electron chi connectivity index (χ0n) is 13.4. The number of nitrogens with one attached hydrogen (secondary N) is 2. The number of piperidine rings is 1. The highest BCUT2D eigenvalue weighted by atomic mass is 32.2. The Kier molecular flexibility index (Phi) is 5.56. The zero-order valence-corrected chi connectivity index (χ0v) is 14.2. The van der Waals surface area contributed by atoms with Gasteiger partial charge in [0.1, 0.15) is 5.82 Å². The van der Waals surface area contributed by atoms with E-state index in [-0.39, 0.29) is 17.8 Å². The molecule has 2 saturated heterocycles. The standard InChI is InChI=1S/C17H24FN3OS/c1-23-11-16(22)21-8-2-3-13(10-21)17-15(9-19-20-17)12-4-6-14(18)7-5-12/h4-7,13,15,17,19-20H,2-3,8-11H2,1H3. The molecule has 4 nitrogen and oxygen atoms in total. The van der Waals surface area contributed by atoms with Crippen molar-refractivity contribution in [3.63, 3.8) is 0 Å². The highest BCUT2D eigenvalue weighted by Gasteiger charge is 2.37. The summed E-state index contributed by atoms with van der Waals surface area (Å²) < 4.78 is 13.2. The van der Waals surface area contributed by atoms with Crippen LogP contribution >= 0.6 is 11.8 Å². The van der Waals surface area contributed by atoms with Crippen molar-refractivity contribution in [2.24, 2.45) is 5.92 Å². The topological polar surface area (TPSA) is 44.4 Å². The minimum Gasteiger partial charge on any atom is -0.342 e. The van der Waals surface area contributed by atoms with Crippen molar-refractivity contribution in [3.05, 3.63) is 35.6 Å². The van der Waals surface area contributed by atoms with E-state index in [9.17, 15) is 9.18 Å². The summed E-state index contributed by atoms with van der Waals surface area (Å²) in [5, 5.41) is 0. The molecule has 126 valence electrons. The minimum absolute atomic E-state index is 0.198. The Morgan fingerprint density at radius 1 is 1.39 bits per heavy atom. The van der Waals surface area contributed by atoms with Crippen molar-refractivity contribution in [1.29, 1.82) is 0 Å². The van der Waals surface area contributed by atoms with Crippen LogP contribution in [-0.2, 0) is 4.79 Å². The molecule has 0 aromatic heterocycles. The first-order valence-electron chi connectivity index (χ1n) is 8.19. The molecule has 6 heteroatoms. The van der Waals surface area contributed by atoms with E-state index < -0.39 is 0 Å². The number of hydrogen-bond donors (Lipinski definition) is 2. The van der Waals surface area contributed by atoms with Crippen LogP contribution in [0.4, 0.5) is 4.39 Å². The first kappa shape index (κ1) is 16.7. The molecule has 2 heterocycles. The Bertz CT molecular complexity index is 539. The molecule has 1 aromatic carbocycles. The monoisotopic (exact) mass is 337 g/mol. The average molecular weight is 337 g/mol. The van der Waals surface area contributed by atoms with Crippen LogP contribution in [0.25, 0.3) is 0 Å². The molecule has 0 spiro atoms. The van der Waals surface area contributed by atoms with E-state index in [0.29, 0.717) is 17.6 Å². The first-order chi connectivity index (χ1) is 11.2. The molecular formula is C17H24FN3OS. The Labute approximate surface area is 141 Å². The van der Waals surface area contributed by atoms with Gasteiger partial charge in [-0.3, -0.25) is 15.6 Å². The molecule has 2 aliphatic heterocycles. The zero-order chi connectivity index (χ0) is 16.2. The quantitative estimate of drug-likeness (QED) is 0.882. The highest BCUT2D eigenvalue weighted by Crippen LogP contribution is 2.31. The molecular weight excluding hydrogens is 313 g/mol. The summed E-state index contributed by atoms with van der Waals surface area (Å²) in [6.07, 6.45) is 4.14. The fourth-order valence-electron chi connectivity index (χ4n) is 3.74. The Hall–Kier alpha value is -1.11. The van der Waals surface area contributed by atoms with Crippen LogP contribution in [0.5, 0.6) is 0 Å². The number of rotatable bonds is 4. The number of benzene rings is 1. The fourth-order valence-corrected chi connectivity index (χ4v) is 4.17. The van der Waals surface area contributed by atoms with E-state index in [2.05, 4.69) is 10.9 Å². The smallest absolute Gasteiger partial charge is 0.232 e. The van der Waals surface area contributed by atoms with Gasteiger partial charge in [0.2, 0.25) is 5.91 Å². The number of hydrogen-bond acceptors (Lipinski definition) is 4. The van der Waals surface area contributed by atoms with Crippen LogP contribution in [-0.4, -0.2) is 48.5 Å². The summed E-state index contributed by atoms with van der Waals surface area (Å²) >= 11 is 1.58. The summed E-state index contributed by atoms with van der Waals surface area (Å²) in [7, 11) is 0. The molecule has 0 saturated carbocycles. The van der Waals surface area contributed by atoms with Gasteiger partial charge in [-0.2, -0.15) is 11.8 Å². The Morgan fingerprint density at radius 2 is 2.17 bits per heavy atom. The summed E-state index contributed by atoms with van der Waals surface area (Å²) in [4.78, 5) is 14.2. The van der Waals surface area contributed by atoms with E-state index in [4.69, 9.17) is 0 Å². The minimum atomic E-state index is -0.198. The van der Waals surface area contributed by atoms with Gasteiger partial charge in [0, 0.05) is 31.6 Å². The van der Waals surface area contributed by atoms with Crippen LogP contribution in [0.3, 0.4) is 0 Å². The lowest BCUT2D eigenvalue weighted by Crippen LogP contribution is -2.48. The summed E-state index contributed by atoms with van der Waals surface area (Å²) in [5.74, 6) is 1.35. The van der Waals surface area contributed by atoms with Crippen molar-refractivity contribution >= 4 is 17.7 Å². The van der Waals surface area contributed by atoms with Gasteiger partial charge in [0.15, 0.2) is 0 Å². The number of carbonyl (C=O) groups excluding carboxylic acids is 1. The van der Waals surface area contributed by atoms with Crippen LogP contribution < -0.4 is 10.9 Å². The van der Waals surface area contributed by atoms with Crippen LogP contribution in [0.1, 0.15) is 24.3 Å². The maximum atomic E-state index is 13.2. The molecule has 3 unspecified atom stereocenters. The lowest BCUT2D eigenvalue weighted by molar-refractivity contribution is -0.130. The third kappa shape index (κ3) is 3.87. The second-order valence-corrected chi connectivity index (χ2v) is 7.25. The number of amides is 1. The molecule has 1 aromatic rings. The van der Waals surface area contributed by atoms with Crippen LogP contribution in [0.2, 0.25) is 0 Å². The summed E-state index contributed by atoms with van der Waals surface area (Å²) in [6.45, 7) is 2.53.